The van der Waals surface area contributed by atoms with E-state index in [1.807, 2.05) is 18.0 Å². The Balaban J connectivity index is 1.72. The second-order valence-corrected chi connectivity index (χ2v) is 6.80. The molecule has 0 saturated carbocycles. The van der Waals surface area contributed by atoms with Gasteiger partial charge in [0.1, 0.15) is 5.82 Å². The van der Waals surface area contributed by atoms with Crippen LogP contribution in [0.25, 0.3) is 0 Å². The highest BCUT2D eigenvalue weighted by atomic mass is 19.1. The van der Waals surface area contributed by atoms with Gasteiger partial charge in [-0.05, 0) is 49.4 Å². The first-order valence-corrected chi connectivity index (χ1v) is 8.98. The third-order valence-corrected chi connectivity index (χ3v) is 5.02. The maximum Gasteiger partial charge on any atom is 0.317 e. The van der Waals surface area contributed by atoms with Crippen LogP contribution < -0.4 is 5.32 Å². The smallest absolute Gasteiger partial charge is 0.317 e. The first-order chi connectivity index (χ1) is 11.5. The molecular weight excluding hydrogens is 305 g/mol. The summed E-state index contributed by atoms with van der Waals surface area (Å²) in [5, 5.41) is 2.99. The van der Waals surface area contributed by atoms with Crippen LogP contribution in [0.5, 0.6) is 0 Å². The average molecular weight is 335 g/mol. The Morgan fingerprint density at radius 2 is 2.25 bits per heavy atom. The van der Waals surface area contributed by atoms with E-state index in [1.54, 1.807) is 12.1 Å². The number of nitrogens with one attached hydrogen (secondary N) is 1. The molecule has 0 radical (unpaired) electrons. The maximum atomic E-state index is 13.1. The molecule has 2 atom stereocenters. The molecule has 24 heavy (non-hydrogen) atoms. The number of likely N-dealkylation sites (tertiary alicyclic amines) is 1. The predicted molar refractivity (Wildman–Crippen MR) is 95.6 cm³/mol. The zero-order valence-electron chi connectivity index (χ0n) is 15.1. The number of carbonyl (C=O) groups excluding carboxylic acids is 1. The Morgan fingerprint density at radius 3 is 2.92 bits per heavy atom. The minimum atomic E-state index is -0.205. The number of piperidine rings is 1. The van der Waals surface area contributed by atoms with Crippen LogP contribution in [0, 0.1) is 11.7 Å². The molecule has 1 aliphatic heterocycles. The minimum absolute atomic E-state index is 0.00367. The van der Waals surface area contributed by atoms with Crippen molar-refractivity contribution >= 4 is 6.03 Å². The van der Waals surface area contributed by atoms with E-state index in [0.29, 0.717) is 18.5 Å². The third-order valence-electron chi connectivity index (χ3n) is 5.02. The van der Waals surface area contributed by atoms with Crippen molar-refractivity contribution in [2.24, 2.45) is 5.92 Å². The summed E-state index contributed by atoms with van der Waals surface area (Å²) >= 11 is 0. The Kier molecular flexibility index (Phi) is 7.03. The molecule has 0 aromatic heterocycles. The third kappa shape index (κ3) is 5.20. The van der Waals surface area contributed by atoms with Gasteiger partial charge in [-0.15, -0.1) is 0 Å². The number of urea groups is 1. The molecule has 1 aromatic carbocycles. The molecule has 2 rings (SSSR count). The number of carbonyl (C=O) groups is 1. The van der Waals surface area contributed by atoms with Crippen LogP contribution in [0.1, 0.15) is 32.3 Å². The lowest BCUT2D eigenvalue weighted by atomic mass is 9.93. The standard InChI is InChI=1S/C19H30FN3O/c1-4-23-12-10-18(15(2)14-23)22(3)19(24)21-11-6-8-16-7-5-9-17(20)13-16/h5,7,9,13,15,18H,4,6,8,10-12,14H2,1-3H3,(H,21,24). The van der Waals surface area contributed by atoms with Gasteiger partial charge in [0.05, 0.1) is 0 Å². The van der Waals surface area contributed by atoms with Crippen LogP contribution in [0.15, 0.2) is 24.3 Å². The van der Waals surface area contributed by atoms with Crippen molar-refractivity contribution in [3.8, 4) is 0 Å². The summed E-state index contributed by atoms with van der Waals surface area (Å²) in [6.45, 7) is 8.21. The normalized spacial score (nSPS) is 21.5. The summed E-state index contributed by atoms with van der Waals surface area (Å²) in [5.74, 6) is 0.283. The molecule has 1 heterocycles. The summed E-state index contributed by atoms with van der Waals surface area (Å²) in [6.07, 6.45) is 2.61. The number of benzene rings is 1. The summed E-state index contributed by atoms with van der Waals surface area (Å²) in [6, 6.07) is 6.94. The molecule has 2 amide bonds. The summed E-state index contributed by atoms with van der Waals surface area (Å²) in [4.78, 5) is 16.6. The number of amides is 2. The van der Waals surface area contributed by atoms with Crippen LogP contribution >= 0.6 is 0 Å². The SMILES string of the molecule is CCN1CCC(N(C)C(=O)NCCCc2cccc(F)c2)C(C)C1. The predicted octanol–water partition coefficient (Wildman–Crippen LogP) is 3.13. The Bertz CT molecular complexity index is 537. The maximum absolute atomic E-state index is 13.1. The molecule has 1 saturated heterocycles. The van der Waals surface area contributed by atoms with Gasteiger partial charge in [-0.25, -0.2) is 9.18 Å². The van der Waals surface area contributed by atoms with E-state index in [0.717, 1.165) is 44.5 Å². The second-order valence-electron chi connectivity index (χ2n) is 6.80. The fourth-order valence-corrected chi connectivity index (χ4v) is 3.54. The molecule has 1 aromatic rings. The summed E-state index contributed by atoms with van der Waals surface area (Å²) in [5.41, 5.74) is 0.971. The van der Waals surface area contributed by atoms with Crippen molar-refractivity contribution in [2.75, 3.05) is 33.2 Å². The van der Waals surface area contributed by atoms with Crippen LogP contribution in [0.4, 0.5) is 9.18 Å². The lowest BCUT2D eigenvalue weighted by Crippen LogP contribution is -2.53. The van der Waals surface area contributed by atoms with E-state index in [4.69, 9.17) is 0 Å². The number of hydrogen-bond donors (Lipinski definition) is 1. The van der Waals surface area contributed by atoms with E-state index in [9.17, 15) is 9.18 Å². The Morgan fingerprint density at radius 1 is 1.46 bits per heavy atom. The van der Waals surface area contributed by atoms with Crippen molar-refractivity contribution in [3.05, 3.63) is 35.6 Å². The largest absolute Gasteiger partial charge is 0.338 e. The minimum Gasteiger partial charge on any atom is -0.338 e. The monoisotopic (exact) mass is 335 g/mol. The van der Waals surface area contributed by atoms with E-state index in [2.05, 4.69) is 24.1 Å². The molecule has 134 valence electrons. The van der Waals surface area contributed by atoms with E-state index < -0.39 is 0 Å². The van der Waals surface area contributed by atoms with Crippen LogP contribution in [0.2, 0.25) is 0 Å². The van der Waals surface area contributed by atoms with E-state index in [1.165, 1.54) is 6.07 Å². The highest BCUT2D eigenvalue weighted by Gasteiger charge is 2.30. The fourth-order valence-electron chi connectivity index (χ4n) is 3.54. The molecule has 5 heteroatoms. The Labute approximate surface area is 145 Å². The van der Waals surface area contributed by atoms with E-state index in [-0.39, 0.29) is 11.8 Å². The second kappa shape index (κ2) is 9.02. The van der Waals surface area contributed by atoms with Gasteiger partial charge in [-0.3, -0.25) is 0 Å². The average Bonchev–Trinajstić information content (AvgIpc) is 2.58. The van der Waals surface area contributed by atoms with Gasteiger partial charge >= 0.3 is 6.03 Å². The molecule has 2 unspecified atom stereocenters. The number of halogens is 1. The van der Waals surface area contributed by atoms with Gasteiger partial charge in [0.15, 0.2) is 0 Å². The van der Waals surface area contributed by atoms with Gasteiger partial charge in [0, 0.05) is 32.7 Å². The fraction of sp³-hybridized carbons (Fsp3) is 0.632. The molecule has 1 N–H and O–H groups in total. The van der Waals surface area contributed by atoms with Crippen molar-refractivity contribution in [1.82, 2.24) is 15.1 Å². The van der Waals surface area contributed by atoms with Gasteiger partial charge in [-0.1, -0.05) is 26.0 Å². The Hall–Kier alpha value is -1.62. The molecular formula is C19H30FN3O. The van der Waals surface area contributed by atoms with Crippen molar-refractivity contribution in [1.29, 1.82) is 0 Å². The first kappa shape index (κ1) is 18.7. The van der Waals surface area contributed by atoms with Gasteiger partial charge in [-0.2, -0.15) is 0 Å². The van der Waals surface area contributed by atoms with Crippen LogP contribution in [-0.4, -0.2) is 55.1 Å². The molecule has 0 bridgehead atoms. The zero-order chi connectivity index (χ0) is 17.5. The zero-order valence-corrected chi connectivity index (χ0v) is 15.1. The van der Waals surface area contributed by atoms with E-state index >= 15 is 0 Å². The molecule has 1 aliphatic rings. The number of hydrogen-bond acceptors (Lipinski definition) is 2. The lowest BCUT2D eigenvalue weighted by Gasteiger charge is -2.40. The first-order valence-electron chi connectivity index (χ1n) is 8.98. The lowest BCUT2D eigenvalue weighted by molar-refractivity contribution is 0.0964. The van der Waals surface area contributed by atoms with Gasteiger partial charge in [0.25, 0.3) is 0 Å². The summed E-state index contributed by atoms with van der Waals surface area (Å²) < 4.78 is 13.1. The molecule has 4 nitrogen and oxygen atoms in total. The van der Waals surface area contributed by atoms with Gasteiger partial charge in [0.2, 0.25) is 0 Å². The highest BCUT2D eigenvalue weighted by Crippen LogP contribution is 2.21. The molecule has 0 spiro atoms. The van der Waals surface area contributed by atoms with Crippen LogP contribution in [0.3, 0.4) is 0 Å². The number of rotatable bonds is 6. The molecule has 1 fully saturated rings. The number of nitrogens with zero attached hydrogens (tertiary/aromatic N) is 2. The van der Waals surface area contributed by atoms with Crippen LogP contribution in [-0.2, 0) is 6.42 Å². The quantitative estimate of drug-likeness (QED) is 0.811. The number of aryl methyl sites for hydroxylation is 1. The molecule has 0 aliphatic carbocycles. The van der Waals surface area contributed by atoms with Crippen molar-refractivity contribution in [2.45, 2.75) is 39.2 Å². The topological polar surface area (TPSA) is 35.6 Å². The summed E-state index contributed by atoms with van der Waals surface area (Å²) in [7, 11) is 1.89. The highest BCUT2D eigenvalue weighted by molar-refractivity contribution is 5.74. The van der Waals surface area contributed by atoms with Crippen molar-refractivity contribution in [3.63, 3.8) is 0 Å². The van der Waals surface area contributed by atoms with Crippen molar-refractivity contribution < 1.29 is 9.18 Å². The van der Waals surface area contributed by atoms with Gasteiger partial charge < -0.3 is 15.1 Å².